The molecule has 0 N–H and O–H groups in total. The molecule has 272 valence electrons. The van der Waals surface area contributed by atoms with Crippen LogP contribution in [0.5, 0.6) is 0 Å². The van der Waals surface area contributed by atoms with Crippen LogP contribution in [-0.2, 0) is 5.41 Å². The highest BCUT2D eigenvalue weighted by atomic mass is 15.0. The van der Waals surface area contributed by atoms with Crippen molar-refractivity contribution in [2.75, 3.05) is 0 Å². The minimum atomic E-state index is -0.200. The Morgan fingerprint density at radius 1 is 0.328 bits per heavy atom. The Labute approximate surface area is 338 Å². The molecule has 0 radical (unpaired) electrons. The van der Waals surface area contributed by atoms with Gasteiger partial charge in [0.25, 0.3) is 0 Å². The van der Waals surface area contributed by atoms with E-state index in [0.717, 1.165) is 0 Å². The van der Waals surface area contributed by atoms with E-state index >= 15 is 0 Å². The number of rotatable bonds is 4. The van der Waals surface area contributed by atoms with Crippen LogP contribution in [0.15, 0.2) is 200 Å². The van der Waals surface area contributed by atoms with Gasteiger partial charge >= 0.3 is 0 Å². The zero-order chi connectivity index (χ0) is 38.5. The third-order valence-electron chi connectivity index (χ3n) is 13.0. The second-order valence-corrected chi connectivity index (χ2v) is 16.5. The summed E-state index contributed by atoms with van der Waals surface area (Å²) in [6, 6.07) is 74.4. The summed E-state index contributed by atoms with van der Waals surface area (Å²) < 4.78 is 2.46. The number of hydrogen-bond donors (Lipinski definition) is 0. The summed E-state index contributed by atoms with van der Waals surface area (Å²) in [5, 5.41) is 10.2. The highest BCUT2D eigenvalue weighted by molar-refractivity contribution is 6.21. The van der Waals surface area contributed by atoms with Crippen molar-refractivity contribution in [3.05, 3.63) is 211 Å². The molecular weight excluding hydrogens is 699 g/mol. The number of benzene rings is 10. The lowest BCUT2D eigenvalue weighted by atomic mass is 9.80. The fourth-order valence-corrected chi connectivity index (χ4v) is 10.2. The van der Waals surface area contributed by atoms with Gasteiger partial charge in [0.05, 0.1) is 11.0 Å². The second-order valence-electron chi connectivity index (χ2n) is 16.5. The number of nitrogens with zero attached hydrogens (tertiary/aromatic N) is 1. The Morgan fingerprint density at radius 3 is 1.57 bits per heavy atom. The molecule has 0 fully saturated rings. The van der Waals surface area contributed by atoms with E-state index in [9.17, 15) is 0 Å². The average molecular weight is 738 g/mol. The Bertz CT molecular complexity index is 3410. The van der Waals surface area contributed by atoms with Crippen molar-refractivity contribution >= 4 is 54.1 Å². The highest BCUT2D eigenvalue weighted by Crippen LogP contribution is 2.52. The summed E-state index contributed by atoms with van der Waals surface area (Å²) in [4.78, 5) is 0. The molecule has 10 aromatic carbocycles. The van der Waals surface area contributed by atoms with E-state index in [-0.39, 0.29) is 5.41 Å². The van der Waals surface area contributed by atoms with Crippen molar-refractivity contribution in [2.24, 2.45) is 0 Å². The molecule has 1 aliphatic carbocycles. The molecular formula is C57H39N. The van der Waals surface area contributed by atoms with Crippen molar-refractivity contribution in [1.29, 1.82) is 0 Å². The van der Waals surface area contributed by atoms with Gasteiger partial charge in [0.15, 0.2) is 0 Å². The summed E-state index contributed by atoms with van der Waals surface area (Å²) in [6.45, 7) is 4.81. The summed E-state index contributed by atoms with van der Waals surface area (Å²) in [7, 11) is 0. The number of para-hydroxylation sites is 1. The molecule has 0 bridgehead atoms. The Balaban J connectivity index is 0.998. The van der Waals surface area contributed by atoms with Crippen molar-refractivity contribution in [1.82, 2.24) is 4.57 Å². The summed E-state index contributed by atoms with van der Waals surface area (Å²) in [6.07, 6.45) is 0. The van der Waals surface area contributed by atoms with E-state index in [4.69, 9.17) is 0 Å². The standard InChI is InChI=1S/C57H39N/c1-57(2)51-34-41(56-48-21-10-8-19-46(48)55(37-15-4-3-5-16-37)47-20-9-11-22-49(47)56)26-29-43(51)44-30-28-42(35-52(44)57)58-53-23-13-12-18-45(53)50-33-40(27-31-54(50)58)39-25-24-36-14-6-7-17-38(36)32-39/h3-35H,1-2H3. The fraction of sp³-hybridized carbons (Fsp3) is 0.0526. The summed E-state index contributed by atoms with van der Waals surface area (Å²) in [5.74, 6) is 0. The maximum atomic E-state index is 2.49. The molecule has 0 aliphatic heterocycles. The van der Waals surface area contributed by atoms with E-state index in [1.54, 1.807) is 0 Å². The molecule has 1 nitrogen and oxygen atoms in total. The van der Waals surface area contributed by atoms with Crippen molar-refractivity contribution < 1.29 is 0 Å². The minimum Gasteiger partial charge on any atom is -0.309 e. The molecule has 1 heteroatoms. The molecule has 1 heterocycles. The normalized spacial score (nSPS) is 13.1. The van der Waals surface area contributed by atoms with Gasteiger partial charge in [0.2, 0.25) is 0 Å². The second kappa shape index (κ2) is 12.4. The highest BCUT2D eigenvalue weighted by Gasteiger charge is 2.36. The topological polar surface area (TPSA) is 4.93 Å². The van der Waals surface area contributed by atoms with Crippen LogP contribution in [-0.4, -0.2) is 4.57 Å². The van der Waals surface area contributed by atoms with Gasteiger partial charge in [-0.1, -0.05) is 172 Å². The molecule has 12 rings (SSSR count). The van der Waals surface area contributed by atoms with E-state index in [1.807, 2.05) is 0 Å². The predicted octanol–water partition coefficient (Wildman–Crippen LogP) is 15.6. The number of aromatic nitrogens is 1. The van der Waals surface area contributed by atoms with Gasteiger partial charge in [0, 0.05) is 21.9 Å². The van der Waals surface area contributed by atoms with Gasteiger partial charge in [-0.05, 0) is 130 Å². The predicted molar refractivity (Wildman–Crippen MR) is 247 cm³/mol. The van der Waals surface area contributed by atoms with Crippen LogP contribution in [0.3, 0.4) is 0 Å². The van der Waals surface area contributed by atoms with Gasteiger partial charge in [0.1, 0.15) is 0 Å². The maximum absolute atomic E-state index is 2.49. The van der Waals surface area contributed by atoms with Crippen LogP contribution in [0.4, 0.5) is 0 Å². The van der Waals surface area contributed by atoms with Crippen LogP contribution < -0.4 is 0 Å². The monoisotopic (exact) mass is 737 g/mol. The van der Waals surface area contributed by atoms with Crippen LogP contribution in [0, 0.1) is 0 Å². The van der Waals surface area contributed by atoms with Crippen LogP contribution in [0.25, 0.3) is 104 Å². The molecule has 0 spiro atoms. The van der Waals surface area contributed by atoms with E-state index in [1.165, 1.54) is 115 Å². The average Bonchev–Trinajstić information content (AvgIpc) is 3.72. The SMILES string of the molecule is CC1(C)c2cc(-c3c4ccccc4c(-c4ccccc4)c4ccccc34)ccc2-c2ccc(-n3c4ccccc4c4cc(-c5ccc6ccccc6c5)ccc43)cc21. The molecule has 0 unspecified atom stereocenters. The third-order valence-corrected chi connectivity index (χ3v) is 13.0. The quantitative estimate of drug-likeness (QED) is 0.159. The van der Waals surface area contributed by atoms with E-state index in [2.05, 4.69) is 219 Å². The van der Waals surface area contributed by atoms with Crippen molar-refractivity contribution in [2.45, 2.75) is 19.3 Å². The largest absolute Gasteiger partial charge is 0.309 e. The van der Waals surface area contributed by atoms with Crippen LogP contribution in [0.2, 0.25) is 0 Å². The van der Waals surface area contributed by atoms with E-state index < -0.39 is 0 Å². The number of fused-ring (bicyclic) bond motifs is 9. The van der Waals surface area contributed by atoms with Crippen LogP contribution in [0.1, 0.15) is 25.0 Å². The lowest BCUT2D eigenvalue weighted by Gasteiger charge is -2.23. The minimum absolute atomic E-state index is 0.200. The van der Waals surface area contributed by atoms with Gasteiger partial charge in [-0.25, -0.2) is 0 Å². The molecule has 0 saturated carbocycles. The maximum Gasteiger partial charge on any atom is 0.0541 e. The molecule has 58 heavy (non-hydrogen) atoms. The summed E-state index contributed by atoms with van der Waals surface area (Å²) in [5.41, 5.74) is 16.4. The molecule has 1 aliphatic rings. The lowest BCUT2D eigenvalue weighted by Crippen LogP contribution is -2.15. The first-order valence-electron chi connectivity index (χ1n) is 20.3. The van der Waals surface area contributed by atoms with Gasteiger partial charge in [-0.2, -0.15) is 0 Å². The van der Waals surface area contributed by atoms with Gasteiger partial charge in [-0.3, -0.25) is 0 Å². The zero-order valence-electron chi connectivity index (χ0n) is 32.5. The van der Waals surface area contributed by atoms with Crippen molar-refractivity contribution in [3.63, 3.8) is 0 Å². The Hall–Kier alpha value is -7.22. The Morgan fingerprint density at radius 2 is 0.845 bits per heavy atom. The third kappa shape index (κ3) is 4.77. The fourth-order valence-electron chi connectivity index (χ4n) is 10.2. The first kappa shape index (κ1) is 33.0. The molecule has 1 aromatic heterocycles. The first-order chi connectivity index (χ1) is 28.5. The van der Waals surface area contributed by atoms with Gasteiger partial charge in [-0.15, -0.1) is 0 Å². The molecule has 0 atom stereocenters. The van der Waals surface area contributed by atoms with Crippen molar-refractivity contribution in [3.8, 4) is 50.2 Å². The molecule has 11 aromatic rings. The molecule has 0 saturated heterocycles. The lowest BCUT2D eigenvalue weighted by molar-refractivity contribution is 0.660. The smallest absolute Gasteiger partial charge is 0.0541 e. The number of hydrogen-bond acceptors (Lipinski definition) is 0. The van der Waals surface area contributed by atoms with E-state index in [0.29, 0.717) is 0 Å². The first-order valence-corrected chi connectivity index (χ1v) is 20.3. The van der Waals surface area contributed by atoms with Crippen LogP contribution >= 0.6 is 0 Å². The van der Waals surface area contributed by atoms with Gasteiger partial charge < -0.3 is 4.57 Å². The molecule has 0 amide bonds. The zero-order valence-corrected chi connectivity index (χ0v) is 32.5. The summed E-state index contributed by atoms with van der Waals surface area (Å²) >= 11 is 0. The Kier molecular flexibility index (Phi) is 7.04.